The molecule has 1 aromatic rings. The number of rotatable bonds is 8. The molecule has 0 radical (unpaired) electrons. The molecule has 0 saturated carbocycles. The van der Waals surface area contributed by atoms with Crippen LogP contribution in [0.25, 0.3) is 0 Å². The molecule has 0 saturated heterocycles. The first-order valence-electron chi connectivity index (χ1n) is 6.95. The summed E-state index contributed by atoms with van der Waals surface area (Å²) in [6, 6.07) is 5.79. The van der Waals surface area contributed by atoms with E-state index in [0.29, 0.717) is 13.1 Å². The maximum Gasteiger partial charge on any atom is 0.260 e. The van der Waals surface area contributed by atoms with Crippen LogP contribution in [0.3, 0.4) is 0 Å². The largest absolute Gasteiger partial charge is 0.481 e. The molecule has 0 aliphatic carbocycles. The van der Waals surface area contributed by atoms with Crippen molar-refractivity contribution in [1.29, 1.82) is 0 Å². The first-order valence-corrected chi connectivity index (χ1v) is 7.75. The smallest absolute Gasteiger partial charge is 0.260 e. The Morgan fingerprint density at radius 1 is 1.45 bits per heavy atom. The highest BCUT2D eigenvalue weighted by Gasteiger charge is 2.15. The lowest BCUT2D eigenvalue weighted by molar-refractivity contribution is -0.127. The van der Waals surface area contributed by atoms with Gasteiger partial charge in [-0.1, -0.05) is 29.3 Å². The minimum Gasteiger partial charge on any atom is -0.481 e. The lowest BCUT2D eigenvalue weighted by atomic mass is 10.2. The number of hydrogen-bond acceptors (Lipinski definition) is 3. The zero-order valence-electron chi connectivity index (χ0n) is 12.3. The van der Waals surface area contributed by atoms with Gasteiger partial charge in [-0.05, 0) is 38.6 Å². The first-order chi connectivity index (χ1) is 9.58. The van der Waals surface area contributed by atoms with Gasteiger partial charge in [0.25, 0.3) is 5.91 Å². The summed E-state index contributed by atoms with van der Waals surface area (Å²) in [7, 11) is 1.88. The molecule has 1 aromatic carbocycles. The lowest BCUT2D eigenvalue weighted by Gasteiger charge is -2.17. The molecule has 1 rings (SSSR count). The topological polar surface area (TPSA) is 50.4 Å². The fraction of sp³-hybridized carbons (Fsp3) is 0.533. The second-order valence-electron chi connectivity index (χ2n) is 4.69. The van der Waals surface area contributed by atoms with Crippen LogP contribution in [0.5, 0.6) is 5.75 Å². The van der Waals surface area contributed by atoms with Gasteiger partial charge in [0.1, 0.15) is 5.75 Å². The molecule has 0 fully saturated rings. The van der Waals surface area contributed by atoms with Crippen LogP contribution in [0.4, 0.5) is 0 Å². The van der Waals surface area contributed by atoms with E-state index in [-0.39, 0.29) is 5.91 Å². The molecular weight excluding hydrogens is 320 g/mol. The molecule has 0 spiro atoms. The van der Waals surface area contributed by atoms with Gasteiger partial charge in [0.05, 0.1) is 0 Å². The zero-order valence-corrected chi connectivity index (χ0v) is 13.9. The van der Waals surface area contributed by atoms with Crippen LogP contribution in [-0.4, -0.2) is 25.6 Å². The Hall–Kier alpha value is -1.07. The van der Waals surface area contributed by atoms with Crippen LogP contribution in [0.2, 0.25) is 0 Å². The first kappa shape index (κ1) is 17.0. The van der Waals surface area contributed by atoms with E-state index < -0.39 is 6.10 Å². The maximum atomic E-state index is 11.9. The number of ether oxygens (including phenoxy) is 1. The quantitative estimate of drug-likeness (QED) is 0.714. The Morgan fingerprint density at radius 3 is 2.85 bits per heavy atom. The van der Waals surface area contributed by atoms with Crippen molar-refractivity contribution < 1.29 is 9.53 Å². The third-order valence-electron chi connectivity index (χ3n) is 2.89. The van der Waals surface area contributed by atoms with Gasteiger partial charge in [-0.3, -0.25) is 4.79 Å². The van der Waals surface area contributed by atoms with E-state index in [1.807, 2.05) is 25.2 Å². The predicted octanol–water partition coefficient (Wildman–Crippen LogP) is 2.85. The van der Waals surface area contributed by atoms with E-state index in [0.717, 1.165) is 28.6 Å². The molecule has 112 valence electrons. The summed E-state index contributed by atoms with van der Waals surface area (Å²) in [6.07, 6.45) is 1.56. The minimum atomic E-state index is -0.497. The average Bonchev–Trinajstić information content (AvgIpc) is 2.42. The Labute approximate surface area is 129 Å². The number of halogens is 1. The van der Waals surface area contributed by atoms with E-state index >= 15 is 0 Å². The summed E-state index contributed by atoms with van der Waals surface area (Å²) in [6.45, 7) is 5.26. The van der Waals surface area contributed by atoms with Gasteiger partial charge < -0.3 is 15.4 Å². The molecule has 4 nitrogen and oxygen atoms in total. The van der Waals surface area contributed by atoms with Crippen LogP contribution < -0.4 is 15.4 Å². The van der Waals surface area contributed by atoms with Crippen molar-refractivity contribution in [2.75, 3.05) is 13.6 Å². The molecule has 0 aliphatic heterocycles. The number of hydrogen-bond donors (Lipinski definition) is 2. The van der Waals surface area contributed by atoms with Crippen LogP contribution in [0.15, 0.2) is 22.7 Å². The van der Waals surface area contributed by atoms with Gasteiger partial charge >= 0.3 is 0 Å². The molecule has 5 heteroatoms. The predicted molar refractivity (Wildman–Crippen MR) is 84.9 cm³/mol. The molecular formula is C15H23BrN2O2. The highest BCUT2D eigenvalue weighted by Crippen LogP contribution is 2.24. The van der Waals surface area contributed by atoms with Gasteiger partial charge in [0, 0.05) is 23.1 Å². The van der Waals surface area contributed by atoms with Crippen molar-refractivity contribution in [1.82, 2.24) is 10.6 Å². The van der Waals surface area contributed by atoms with Gasteiger partial charge in [-0.2, -0.15) is 0 Å². The third kappa shape index (κ3) is 5.51. The molecule has 20 heavy (non-hydrogen) atoms. The number of amides is 1. The number of unbranched alkanes of at least 4 members (excludes halogenated alkanes) is 1. The Morgan fingerprint density at radius 2 is 2.20 bits per heavy atom. The van der Waals surface area contributed by atoms with Gasteiger partial charge in [-0.15, -0.1) is 0 Å². The van der Waals surface area contributed by atoms with E-state index in [2.05, 4.69) is 33.5 Å². The Bertz CT molecular complexity index is 438. The normalized spacial score (nSPS) is 12.0. The van der Waals surface area contributed by atoms with Crippen LogP contribution in [0.1, 0.15) is 32.3 Å². The molecule has 0 aliphatic rings. The van der Waals surface area contributed by atoms with Gasteiger partial charge in [0.2, 0.25) is 0 Å². The van der Waals surface area contributed by atoms with Crippen LogP contribution in [0, 0.1) is 0 Å². The molecule has 1 unspecified atom stereocenters. The van der Waals surface area contributed by atoms with Crippen molar-refractivity contribution in [3.05, 3.63) is 28.2 Å². The molecule has 0 heterocycles. The second-order valence-corrected chi connectivity index (χ2v) is 5.60. The van der Waals surface area contributed by atoms with Crippen molar-refractivity contribution in [3.8, 4) is 5.75 Å². The number of carbonyl (C=O) groups excluding carboxylic acids is 1. The van der Waals surface area contributed by atoms with E-state index in [1.54, 1.807) is 6.92 Å². The Balaban J connectivity index is 2.64. The summed E-state index contributed by atoms with van der Waals surface area (Å²) in [4.78, 5) is 11.9. The summed E-state index contributed by atoms with van der Waals surface area (Å²) < 4.78 is 6.77. The van der Waals surface area contributed by atoms with Crippen LogP contribution >= 0.6 is 15.9 Å². The number of benzene rings is 1. The summed E-state index contributed by atoms with van der Waals surface area (Å²) in [5.41, 5.74) is 1.02. The van der Waals surface area contributed by atoms with Crippen molar-refractivity contribution in [3.63, 3.8) is 0 Å². The van der Waals surface area contributed by atoms with E-state index in [1.165, 1.54) is 0 Å². The molecule has 2 N–H and O–H groups in total. The summed E-state index contributed by atoms with van der Waals surface area (Å²) in [5.74, 6) is 0.664. The van der Waals surface area contributed by atoms with E-state index in [9.17, 15) is 4.79 Å². The van der Waals surface area contributed by atoms with Crippen molar-refractivity contribution in [2.45, 2.75) is 39.3 Å². The maximum absolute atomic E-state index is 11.9. The molecule has 0 aromatic heterocycles. The van der Waals surface area contributed by atoms with Crippen molar-refractivity contribution in [2.24, 2.45) is 0 Å². The van der Waals surface area contributed by atoms with Gasteiger partial charge in [0.15, 0.2) is 6.10 Å². The fourth-order valence-electron chi connectivity index (χ4n) is 1.77. The second kappa shape index (κ2) is 8.97. The highest BCUT2D eigenvalue weighted by molar-refractivity contribution is 9.10. The third-order valence-corrected chi connectivity index (χ3v) is 3.39. The van der Waals surface area contributed by atoms with E-state index in [4.69, 9.17) is 4.74 Å². The fourth-order valence-corrected chi connectivity index (χ4v) is 2.18. The highest BCUT2D eigenvalue weighted by atomic mass is 79.9. The minimum absolute atomic E-state index is 0.0724. The number of nitrogens with one attached hydrogen (secondary N) is 2. The molecule has 1 atom stereocenters. The van der Waals surface area contributed by atoms with Gasteiger partial charge in [-0.25, -0.2) is 0 Å². The molecule has 0 bridgehead atoms. The van der Waals surface area contributed by atoms with Crippen molar-refractivity contribution >= 4 is 21.8 Å². The molecule has 1 amide bonds. The SMILES string of the molecule is CCCCNC(=O)C(C)Oc1ccc(Br)cc1CNC. The average molecular weight is 343 g/mol. The zero-order chi connectivity index (χ0) is 15.0. The standard InChI is InChI=1S/C15H23BrN2O2/c1-4-5-8-18-15(19)11(2)20-14-7-6-13(16)9-12(14)10-17-3/h6-7,9,11,17H,4-5,8,10H2,1-3H3,(H,18,19). The summed E-state index contributed by atoms with van der Waals surface area (Å²) >= 11 is 3.44. The lowest BCUT2D eigenvalue weighted by Crippen LogP contribution is -2.37. The summed E-state index contributed by atoms with van der Waals surface area (Å²) in [5, 5.41) is 5.97. The monoisotopic (exact) mass is 342 g/mol. The number of carbonyl (C=O) groups is 1. The van der Waals surface area contributed by atoms with Crippen LogP contribution in [-0.2, 0) is 11.3 Å². The Kier molecular flexibility index (Phi) is 7.62.